The standard InChI is InChI=1S/C16H26N2O3/c1-18(12-6-8-21-9-7-12)15(11-17)14-5-4-13(19-2)10-16(14)20-3/h4-5,10,12,15H,6-9,11,17H2,1-3H3. The van der Waals surface area contributed by atoms with E-state index in [0.717, 1.165) is 43.1 Å². The molecule has 5 nitrogen and oxygen atoms in total. The van der Waals surface area contributed by atoms with Crippen molar-refractivity contribution in [2.45, 2.75) is 24.9 Å². The first kappa shape index (κ1) is 16.1. The van der Waals surface area contributed by atoms with Crippen molar-refractivity contribution in [1.29, 1.82) is 0 Å². The fourth-order valence-electron chi connectivity index (χ4n) is 2.95. The van der Waals surface area contributed by atoms with Crippen LogP contribution in [-0.4, -0.2) is 52.0 Å². The molecule has 0 radical (unpaired) electrons. The zero-order chi connectivity index (χ0) is 15.2. The molecule has 1 aromatic carbocycles. The van der Waals surface area contributed by atoms with Crippen molar-refractivity contribution in [3.63, 3.8) is 0 Å². The van der Waals surface area contributed by atoms with Crippen LogP contribution in [0, 0.1) is 0 Å². The normalized spacial score (nSPS) is 17.8. The highest BCUT2D eigenvalue weighted by Gasteiger charge is 2.27. The van der Waals surface area contributed by atoms with Gasteiger partial charge in [-0.15, -0.1) is 0 Å². The van der Waals surface area contributed by atoms with Gasteiger partial charge >= 0.3 is 0 Å². The quantitative estimate of drug-likeness (QED) is 0.867. The zero-order valence-corrected chi connectivity index (χ0v) is 13.2. The summed E-state index contributed by atoms with van der Waals surface area (Å²) in [6.45, 7) is 2.20. The van der Waals surface area contributed by atoms with Gasteiger partial charge in [-0.05, 0) is 26.0 Å². The van der Waals surface area contributed by atoms with Gasteiger partial charge in [0.15, 0.2) is 0 Å². The van der Waals surface area contributed by atoms with E-state index >= 15 is 0 Å². The fraction of sp³-hybridized carbons (Fsp3) is 0.625. The van der Waals surface area contributed by atoms with Crippen molar-refractivity contribution in [2.24, 2.45) is 5.73 Å². The molecule has 2 N–H and O–H groups in total. The second-order valence-corrected chi connectivity index (χ2v) is 5.37. The molecule has 1 aliphatic rings. The number of hydrogen-bond acceptors (Lipinski definition) is 5. The summed E-state index contributed by atoms with van der Waals surface area (Å²) >= 11 is 0. The van der Waals surface area contributed by atoms with Gasteiger partial charge in [-0.2, -0.15) is 0 Å². The Morgan fingerprint density at radius 3 is 2.57 bits per heavy atom. The van der Waals surface area contributed by atoms with Gasteiger partial charge in [-0.1, -0.05) is 6.07 Å². The van der Waals surface area contributed by atoms with Gasteiger partial charge in [0.2, 0.25) is 0 Å². The van der Waals surface area contributed by atoms with E-state index in [1.807, 2.05) is 18.2 Å². The van der Waals surface area contributed by atoms with Crippen molar-refractivity contribution in [1.82, 2.24) is 4.90 Å². The van der Waals surface area contributed by atoms with Crippen LogP contribution in [0.1, 0.15) is 24.4 Å². The Hall–Kier alpha value is -1.30. The predicted octanol–water partition coefficient (Wildman–Crippen LogP) is 1.81. The van der Waals surface area contributed by atoms with E-state index < -0.39 is 0 Å². The molecule has 0 aromatic heterocycles. The lowest BCUT2D eigenvalue weighted by atomic mass is 9.99. The lowest BCUT2D eigenvalue weighted by molar-refractivity contribution is 0.0290. The number of nitrogens with two attached hydrogens (primary N) is 1. The van der Waals surface area contributed by atoms with Crippen LogP contribution in [0.3, 0.4) is 0 Å². The highest BCUT2D eigenvalue weighted by molar-refractivity contribution is 5.42. The van der Waals surface area contributed by atoms with Gasteiger partial charge in [-0.25, -0.2) is 0 Å². The average Bonchev–Trinajstić information content (AvgIpc) is 2.56. The lowest BCUT2D eigenvalue weighted by Gasteiger charge is -2.37. The first-order valence-corrected chi connectivity index (χ1v) is 7.43. The largest absolute Gasteiger partial charge is 0.497 e. The van der Waals surface area contributed by atoms with E-state index in [9.17, 15) is 0 Å². The van der Waals surface area contributed by atoms with Crippen LogP contribution < -0.4 is 15.2 Å². The van der Waals surface area contributed by atoms with Crippen LogP contribution in [0.25, 0.3) is 0 Å². The maximum absolute atomic E-state index is 6.05. The minimum atomic E-state index is 0.133. The zero-order valence-electron chi connectivity index (χ0n) is 13.2. The van der Waals surface area contributed by atoms with Crippen LogP contribution in [0.2, 0.25) is 0 Å². The molecular formula is C16H26N2O3. The minimum absolute atomic E-state index is 0.133. The summed E-state index contributed by atoms with van der Waals surface area (Å²) in [6, 6.07) is 6.55. The Bertz CT molecular complexity index is 447. The average molecular weight is 294 g/mol. The molecule has 1 aromatic rings. The number of nitrogens with zero attached hydrogens (tertiary/aromatic N) is 1. The fourth-order valence-corrected chi connectivity index (χ4v) is 2.95. The Kier molecular flexibility index (Phi) is 5.85. The van der Waals surface area contributed by atoms with E-state index in [1.165, 1.54) is 0 Å². The Morgan fingerprint density at radius 1 is 1.29 bits per heavy atom. The molecule has 0 bridgehead atoms. The Morgan fingerprint density at radius 2 is 2.00 bits per heavy atom. The third kappa shape index (κ3) is 3.67. The number of benzene rings is 1. The summed E-state index contributed by atoms with van der Waals surface area (Å²) in [4.78, 5) is 2.35. The van der Waals surface area contributed by atoms with Gasteiger partial charge < -0.3 is 19.9 Å². The van der Waals surface area contributed by atoms with E-state index in [0.29, 0.717) is 12.6 Å². The van der Waals surface area contributed by atoms with Gasteiger partial charge in [0.25, 0.3) is 0 Å². The molecule has 0 spiro atoms. The van der Waals surface area contributed by atoms with Crippen molar-refractivity contribution in [3.05, 3.63) is 23.8 Å². The van der Waals surface area contributed by atoms with Gasteiger partial charge in [0.1, 0.15) is 11.5 Å². The SMILES string of the molecule is COc1ccc(C(CN)N(C)C2CCOCC2)c(OC)c1. The number of hydrogen-bond donors (Lipinski definition) is 1. The molecule has 1 aliphatic heterocycles. The van der Waals surface area contributed by atoms with Crippen molar-refractivity contribution in [2.75, 3.05) is 41.0 Å². The van der Waals surface area contributed by atoms with Crippen LogP contribution in [-0.2, 0) is 4.74 Å². The highest BCUT2D eigenvalue weighted by Crippen LogP contribution is 2.33. The van der Waals surface area contributed by atoms with Crippen LogP contribution >= 0.6 is 0 Å². The second-order valence-electron chi connectivity index (χ2n) is 5.37. The molecule has 0 saturated carbocycles. The van der Waals surface area contributed by atoms with Crippen LogP contribution in [0.5, 0.6) is 11.5 Å². The predicted molar refractivity (Wildman–Crippen MR) is 82.9 cm³/mol. The summed E-state index contributed by atoms with van der Waals surface area (Å²) in [5.74, 6) is 1.61. The number of ether oxygens (including phenoxy) is 3. The molecule has 2 rings (SSSR count). The van der Waals surface area contributed by atoms with E-state index in [1.54, 1.807) is 14.2 Å². The maximum Gasteiger partial charge on any atom is 0.127 e. The van der Waals surface area contributed by atoms with Crippen molar-refractivity contribution in [3.8, 4) is 11.5 Å². The Balaban J connectivity index is 2.23. The summed E-state index contributed by atoms with van der Waals surface area (Å²) < 4.78 is 16.2. The van der Waals surface area contributed by atoms with Gasteiger partial charge in [0.05, 0.1) is 20.3 Å². The number of rotatable bonds is 6. The molecule has 1 saturated heterocycles. The van der Waals surface area contributed by atoms with Gasteiger partial charge in [0, 0.05) is 37.4 Å². The molecule has 1 heterocycles. The van der Waals surface area contributed by atoms with Gasteiger partial charge in [-0.3, -0.25) is 4.90 Å². The summed E-state index contributed by atoms with van der Waals surface area (Å²) in [5, 5.41) is 0. The van der Waals surface area contributed by atoms with E-state index in [4.69, 9.17) is 19.9 Å². The van der Waals surface area contributed by atoms with Crippen molar-refractivity contribution >= 4 is 0 Å². The smallest absolute Gasteiger partial charge is 0.127 e. The van der Waals surface area contributed by atoms with E-state index in [-0.39, 0.29) is 6.04 Å². The molecule has 1 unspecified atom stereocenters. The molecule has 1 atom stereocenters. The molecular weight excluding hydrogens is 268 g/mol. The summed E-state index contributed by atoms with van der Waals surface area (Å²) in [5.41, 5.74) is 7.15. The molecule has 118 valence electrons. The topological polar surface area (TPSA) is 57.0 Å². The molecule has 0 amide bonds. The molecule has 1 fully saturated rings. The maximum atomic E-state index is 6.05. The third-order valence-electron chi connectivity index (χ3n) is 4.28. The summed E-state index contributed by atoms with van der Waals surface area (Å²) in [6.07, 6.45) is 2.09. The number of likely N-dealkylation sites (N-methyl/N-ethyl adjacent to an activating group) is 1. The molecule has 21 heavy (non-hydrogen) atoms. The highest BCUT2D eigenvalue weighted by atomic mass is 16.5. The first-order chi connectivity index (χ1) is 10.2. The van der Waals surface area contributed by atoms with Crippen LogP contribution in [0.4, 0.5) is 0 Å². The monoisotopic (exact) mass is 294 g/mol. The second kappa shape index (κ2) is 7.64. The van der Waals surface area contributed by atoms with Crippen LogP contribution in [0.15, 0.2) is 18.2 Å². The molecule has 5 heteroatoms. The minimum Gasteiger partial charge on any atom is -0.497 e. The molecule has 0 aliphatic carbocycles. The van der Waals surface area contributed by atoms with E-state index in [2.05, 4.69) is 11.9 Å². The third-order valence-corrected chi connectivity index (χ3v) is 4.28. The van der Waals surface area contributed by atoms with Crippen molar-refractivity contribution < 1.29 is 14.2 Å². The lowest BCUT2D eigenvalue weighted by Crippen LogP contribution is -2.41. The number of methoxy groups -OCH3 is 2. The summed E-state index contributed by atoms with van der Waals surface area (Å²) in [7, 11) is 5.47. The first-order valence-electron chi connectivity index (χ1n) is 7.43. The Labute approximate surface area is 127 Å².